The number of pyridine rings is 1. The highest BCUT2D eigenvalue weighted by atomic mass is 15.2. The number of aromatic amines is 1. The lowest BCUT2D eigenvalue weighted by Crippen LogP contribution is -2.24. The van der Waals surface area contributed by atoms with Crippen molar-refractivity contribution in [3.8, 4) is 0 Å². The van der Waals surface area contributed by atoms with E-state index < -0.39 is 0 Å². The molecule has 0 amide bonds. The highest BCUT2D eigenvalue weighted by Crippen LogP contribution is 2.31. The highest BCUT2D eigenvalue weighted by molar-refractivity contribution is 5.18. The van der Waals surface area contributed by atoms with Crippen molar-refractivity contribution in [1.82, 2.24) is 19.9 Å². The molecule has 1 aliphatic heterocycles. The van der Waals surface area contributed by atoms with Gasteiger partial charge in [0, 0.05) is 24.6 Å². The second-order valence-corrected chi connectivity index (χ2v) is 5.35. The van der Waals surface area contributed by atoms with E-state index in [1.165, 1.54) is 24.1 Å². The number of hydrogen-bond acceptors (Lipinski definition) is 3. The van der Waals surface area contributed by atoms with Gasteiger partial charge in [-0.05, 0) is 44.9 Å². The van der Waals surface area contributed by atoms with Crippen LogP contribution in [0, 0.1) is 13.8 Å². The molecule has 0 saturated carbocycles. The van der Waals surface area contributed by atoms with E-state index in [2.05, 4.69) is 39.8 Å². The van der Waals surface area contributed by atoms with Gasteiger partial charge in [-0.15, -0.1) is 0 Å². The molecule has 0 spiro atoms. The van der Waals surface area contributed by atoms with Crippen LogP contribution in [-0.2, 0) is 6.54 Å². The van der Waals surface area contributed by atoms with Crippen molar-refractivity contribution >= 4 is 0 Å². The Morgan fingerprint density at radius 1 is 1.37 bits per heavy atom. The summed E-state index contributed by atoms with van der Waals surface area (Å²) in [4.78, 5) is 14.9. The standard InChI is InChI=1S/C15H20N4/c1-11-5-3-7-16-13(11)10-19-8-4-6-14(19)15-17-9-12(2)18-15/h3,5,7,9,14H,4,6,8,10H2,1-2H3,(H,17,18)/t14-/m0/s1. The first-order chi connectivity index (χ1) is 9.24. The second kappa shape index (κ2) is 5.13. The molecule has 0 aliphatic carbocycles. The van der Waals surface area contributed by atoms with E-state index >= 15 is 0 Å². The van der Waals surface area contributed by atoms with Gasteiger partial charge in [0.25, 0.3) is 0 Å². The van der Waals surface area contributed by atoms with Crippen molar-refractivity contribution in [2.45, 2.75) is 39.3 Å². The van der Waals surface area contributed by atoms with Gasteiger partial charge in [0.15, 0.2) is 0 Å². The van der Waals surface area contributed by atoms with Crippen molar-refractivity contribution in [3.05, 3.63) is 47.3 Å². The van der Waals surface area contributed by atoms with Crippen LogP contribution in [0.4, 0.5) is 0 Å². The molecule has 2 aromatic heterocycles. The number of likely N-dealkylation sites (tertiary alicyclic amines) is 1. The van der Waals surface area contributed by atoms with Crippen LogP contribution in [0.2, 0.25) is 0 Å². The Kier molecular flexibility index (Phi) is 3.34. The third-order valence-electron chi connectivity index (χ3n) is 3.87. The first-order valence-electron chi connectivity index (χ1n) is 6.90. The molecular formula is C15H20N4. The number of nitrogens with zero attached hydrogens (tertiary/aromatic N) is 3. The van der Waals surface area contributed by atoms with Gasteiger partial charge in [-0.2, -0.15) is 0 Å². The van der Waals surface area contributed by atoms with Crippen molar-refractivity contribution in [2.75, 3.05) is 6.54 Å². The molecule has 0 unspecified atom stereocenters. The molecule has 0 radical (unpaired) electrons. The molecule has 1 N–H and O–H groups in total. The minimum Gasteiger partial charge on any atom is -0.345 e. The van der Waals surface area contributed by atoms with E-state index in [4.69, 9.17) is 0 Å². The summed E-state index contributed by atoms with van der Waals surface area (Å²) < 4.78 is 0. The smallest absolute Gasteiger partial charge is 0.123 e. The molecule has 0 bridgehead atoms. The van der Waals surface area contributed by atoms with Gasteiger partial charge in [-0.1, -0.05) is 6.07 Å². The maximum atomic E-state index is 4.50. The average molecular weight is 256 g/mol. The predicted molar refractivity (Wildman–Crippen MR) is 74.7 cm³/mol. The minimum atomic E-state index is 0.412. The lowest BCUT2D eigenvalue weighted by atomic mass is 10.2. The summed E-state index contributed by atoms with van der Waals surface area (Å²) in [6, 6.07) is 4.54. The normalized spacial score (nSPS) is 20.0. The van der Waals surface area contributed by atoms with E-state index in [9.17, 15) is 0 Å². The Bertz CT molecular complexity index is 561. The van der Waals surface area contributed by atoms with E-state index in [1.807, 2.05) is 18.5 Å². The van der Waals surface area contributed by atoms with Gasteiger partial charge < -0.3 is 4.98 Å². The zero-order valence-electron chi connectivity index (χ0n) is 11.6. The number of imidazole rings is 1. The molecule has 19 heavy (non-hydrogen) atoms. The van der Waals surface area contributed by atoms with Gasteiger partial charge in [-0.3, -0.25) is 9.88 Å². The number of nitrogens with one attached hydrogen (secondary N) is 1. The Morgan fingerprint density at radius 3 is 3.00 bits per heavy atom. The maximum Gasteiger partial charge on any atom is 0.123 e. The van der Waals surface area contributed by atoms with Crippen LogP contribution >= 0.6 is 0 Å². The van der Waals surface area contributed by atoms with E-state index in [1.54, 1.807) is 0 Å². The SMILES string of the molecule is Cc1cnc([C@@H]2CCCN2Cc2ncccc2C)[nH]1. The van der Waals surface area contributed by atoms with Crippen LogP contribution in [0.15, 0.2) is 24.5 Å². The molecule has 1 atom stereocenters. The largest absolute Gasteiger partial charge is 0.345 e. The van der Waals surface area contributed by atoms with E-state index in [0.29, 0.717) is 6.04 Å². The zero-order valence-corrected chi connectivity index (χ0v) is 11.6. The monoisotopic (exact) mass is 256 g/mol. The van der Waals surface area contributed by atoms with Crippen molar-refractivity contribution in [2.24, 2.45) is 0 Å². The van der Waals surface area contributed by atoms with Crippen LogP contribution < -0.4 is 0 Å². The molecule has 1 fully saturated rings. The second-order valence-electron chi connectivity index (χ2n) is 5.35. The summed E-state index contributed by atoms with van der Waals surface area (Å²) in [6.45, 7) is 6.22. The minimum absolute atomic E-state index is 0.412. The Balaban J connectivity index is 1.79. The molecule has 3 heterocycles. The molecular weight excluding hydrogens is 236 g/mol. The van der Waals surface area contributed by atoms with Crippen molar-refractivity contribution in [1.29, 1.82) is 0 Å². The van der Waals surface area contributed by atoms with Gasteiger partial charge >= 0.3 is 0 Å². The van der Waals surface area contributed by atoms with Crippen molar-refractivity contribution < 1.29 is 0 Å². The van der Waals surface area contributed by atoms with Gasteiger partial charge in [0.05, 0.1) is 11.7 Å². The number of aromatic nitrogens is 3. The molecule has 2 aromatic rings. The van der Waals surface area contributed by atoms with Crippen LogP contribution in [0.3, 0.4) is 0 Å². The predicted octanol–water partition coefficient (Wildman–Crippen LogP) is 2.76. The lowest BCUT2D eigenvalue weighted by Gasteiger charge is -2.23. The Hall–Kier alpha value is -1.68. The number of hydrogen-bond donors (Lipinski definition) is 1. The summed E-state index contributed by atoms with van der Waals surface area (Å²) in [5.74, 6) is 1.10. The van der Waals surface area contributed by atoms with Crippen LogP contribution in [0.25, 0.3) is 0 Å². The Morgan fingerprint density at radius 2 is 2.26 bits per heavy atom. The molecule has 3 rings (SSSR count). The Labute approximate surface area is 113 Å². The fourth-order valence-electron chi connectivity index (χ4n) is 2.80. The lowest BCUT2D eigenvalue weighted by molar-refractivity contribution is 0.237. The molecule has 0 aromatic carbocycles. The maximum absolute atomic E-state index is 4.50. The first-order valence-corrected chi connectivity index (χ1v) is 6.90. The van der Waals surface area contributed by atoms with Crippen LogP contribution in [0.5, 0.6) is 0 Å². The fourth-order valence-corrected chi connectivity index (χ4v) is 2.80. The van der Waals surface area contributed by atoms with Gasteiger partial charge in [-0.25, -0.2) is 4.98 Å². The summed E-state index contributed by atoms with van der Waals surface area (Å²) in [6.07, 6.45) is 6.21. The molecule has 1 aliphatic rings. The van der Waals surface area contributed by atoms with E-state index in [0.717, 1.165) is 24.6 Å². The topological polar surface area (TPSA) is 44.8 Å². The van der Waals surface area contributed by atoms with Crippen LogP contribution in [-0.4, -0.2) is 26.4 Å². The van der Waals surface area contributed by atoms with Gasteiger partial charge in [0.1, 0.15) is 5.82 Å². The number of H-pyrrole nitrogens is 1. The molecule has 4 nitrogen and oxygen atoms in total. The number of aryl methyl sites for hydroxylation is 2. The molecule has 1 saturated heterocycles. The van der Waals surface area contributed by atoms with Crippen molar-refractivity contribution in [3.63, 3.8) is 0 Å². The summed E-state index contributed by atoms with van der Waals surface area (Å²) in [5.41, 5.74) is 3.58. The zero-order chi connectivity index (χ0) is 13.2. The molecule has 100 valence electrons. The van der Waals surface area contributed by atoms with Gasteiger partial charge in [0.2, 0.25) is 0 Å². The molecule has 4 heteroatoms. The third-order valence-corrected chi connectivity index (χ3v) is 3.87. The highest BCUT2D eigenvalue weighted by Gasteiger charge is 2.28. The van der Waals surface area contributed by atoms with Crippen LogP contribution in [0.1, 0.15) is 41.7 Å². The summed E-state index contributed by atoms with van der Waals surface area (Å²) in [7, 11) is 0. The summed E-state index contributed by atoms with van der Waals surface area (Å²) >= 11 is 0. The quantitative estimate of drug-likeness (QED) is 0.918. The summed E-state index contributed by atoms with van der Waals surface area (Å²) in [5, 5.41) is 0. The van der Waals surface area contributed by atoms with E-state index in [-0.39, 0.29) is 0 Å². The average Bonchev–Trinajstić information content (AvgIpc) is 3.01. The number of rotatable bonds is 3. The third kappa shape index (κ3) is 2.54. The first kappa shape index (κ1) is 12.4. The fraction of sp³-hybridized carbons (Fsp3) is 0.467.